The Morgan fingerprint density at radius 2 is 1.80 bits per heavy atom. The van der Waals surface area contributed by atoms with Gasteiger partial charge in [0, 0.05) is 26.1 Å². The van der Waals surface area contributed by atoms with E-state index in [1.54, 1.807) is 7.11 Å². The summed E-state index contributed by atoms with van der Waals surface area (Å²) in [5, 5.41) is 8.88. The maximum absolute atomic E-state index is 8.88. The zero-order chi connectivity index (χ0) is 11.4. The van der Waals surface area contributed by atoms with Gasteiger partial charge in [0.05, 0.1) is 13.2 Å². The van der Waals surface area contributed by atoms with E-state index in [0.717, 1.165) is 38.5 Å². The molecule has 0 aromatic carbocycles. The molecule has 3 nitrogen and oxygen atoms in total. The zero-order valence-electron chi connectivity index (χ0n) is 9.75. The van der Waals surface area contributed by atoms with Crippen LogP contribution in [0.2, 0.25) is 0 Å². The highest BCUT2D eigenvalue weighted by atomic mass is 35.5. The summed E-state index contributed by atoms with van der Waals surface area (Å²) in [6.07, 6.45) is 4.72. The van der Waals surface area contributed by atoms with Crippen LogP contribution in [0.5, 0.6) is 0 Å². The van der Waals surface area contributed by atoms with Crippen molar-refractivity contribution in [1.29, 1.82) is 0 Å². The number of alkyl halides is 1. The summed E-state index contributed by atoms with van der Waals surface area (Å²) in [5.74, 6) is 0.768. The minimum absolute atomic E-state index is 0.228. The number of hydrogen-bond donors (Lipinski definition) is 1. The van der Waals surface area contributed by atoms with Crippen molar-refractivity contribution >= 4 is 11.6 Å². The molecule has 0 fully saturated rings. The normalized spacial score (nSPS) is 11.2. The molecule has 15 heavy (non-hydrogen) atoms. The van der Waals surface area contributed by atoms with E-state index >= 15 is 0 Å². The van der Waals surface area contributed by atoms with Gasteiger partial charge in [-0.25, -0.2) is 0 Å². The number of hydrogen-bond acceptors (Lipinski definition) is 3. The van der Waals surface area contributed by atoms with E-state index in [-0.39, 0.29) is 6.61 Å². The van der Waals surface area contributed by atoms with E-state index in [9.17, 15) is 0 Å². The number of aliphatic hydroxyl groups excluding tert-OH is 1. The molecular weight excluding hydrogens is 214 g/mol. The largest absolute Gasteiger partial charge is 0.395 e. The smallest absolute Gasteiger partial charge is 0.0589 e. The number of unbranched alkanes of at least 4 members (excludes halogenated alkanes) is 3. The topological polar surface area (TPSA) is 32.7 Å². The van der Waals surface area contributed by atoms with Gasteiger partial charge in [0.15, 0.2) is 0 Å². The van der Waals surface area contributed by atoms with Gasteiger partial charge in [-0.2, -0.15) is 0 Å². The third-order valence-electron chi connectivity index (χ3n) is 2.39. The molecule has 0 saturated heterocycles. The SMILES string of the molecule is COCCN(CCO)CCCCCCCl. The van der Waals surface area contributed by atoms with Crippen molar-refractivity contribution in [3.63, 3.8) is 0 Å². The molecule has 0 heterocycles. The van der Waals surface area contributed by atoms with Gasteiger partial charge in [0.25, 0.3) is 0 Å². The van der Waals surface area contributed by atoms with Crippen LogP contribution in [-0.2, 0) is 4.74 Å². The number of ether oxygens (including phenoxy) is 1. The highest BCUT2D eigenvalue weighted by molar-refractivity contribution is 6.17. The zero-order valence-corrected chi connectivity index (χ0v) is 10.5. The molecule has 92 valence electrons. The van der Waals surface area contributed by atoms with Crippen molar-refractivity contribution in [2.75, 3.05) is 45.8 Å². The van der Waals surface area contributed by atoms with Crippen LogP contribution in [0.3, 0.4) is 0 Å². The van der Waals surface area contributed by atoms with Gasteiger partial charge in [-0.15, -0.1) is 11.6 Å². The first kappa shape index (κ1) is 15.2. The third-order valence-corrected chi connectivity index (χ3v) is 2.65. The van der Waals surface area contributed by atoms with Crippen molar-refractivity contribution < 1.29 is 9.84 Å². The lowest BCUT2D eigenvalue weighted by molar-refractivity contribution is 0.129. The van der Waals surface area contributed by atoms with Gasteiger partial charge in [0.1, 0.15) is 0 Å². The van der Waals surface area contributed by atoms with Crippen molar-refractivity contribution in [2.24, 2.45) is 0 Å². The van der Waals surface area contributed by atoms with Crippen molar-refractivity contribution in [1.82, 2.24) is 4.90 Å². The molecule has 0 aliphatic rings. The highest BCUT2D eigenvalue weighted by Gasteiger charge is 2.02. The molecule has 0 amide bonds. The quantitative estimate of drug-likeness (QED) is 0.439. The highest BCUT2D eigenvalue weighted by Crippen LogP contribution is 2.02. The lowest BCUT2D eigenvalue weighted by atomic mass is 10.2. The fourth-order valence-electron chi connectivity index (χ4n) is 1.48. The van der Waals surface area contributed by atoms with Crippen LogP contribution in [0.4, 0.5) is 0 Å². The molecule has 0 bridgehead atoms. The summed E-state index contributed by atoms with van der Waals surface area (Å²) >= 11 is 5.60. The number of rotatable bonds is 11. The van der Waals surface area contributed by atoms with E-state index in [1.807, 2.05) is 0 Å². The summed E-state index contributed by atoms with van der Waals surface area (Å²) < 4.78 is 5.02. The first-order chi connectivity index (χ1) is 7.35. The van der Waals surface area contributed by atoms with Gasteiger partial charge < -0.3 is 9.84 Å². The molecule has 1 N–H and O–H groups in total. The molecule has 4 heteroatoms. The van der Waals surface area contributed by atoms with Gasteiger partial charge in [0.2, 0.25) is 0 Å². The summed E-state index contributed by atoms with van der Waals surface area (Å²) in [6.45, 7) is 3.67. The fraction of sp³-hybridized carbons (Fsp3) is 1.00. The van der Waals surface area contributed by atoms with Crippen LogP contribution in [0.15, 0.2) is 0 Å². The predicted molar refractivity (Wildman–Crippen MR) is 64.6 cm³/mol. The molecule has 0 saturated carbocycles. The Hall–Kier alpha value is 0.170. The standard InChI is InChI=1S/C11H24ClNO2/c1-15-11-9-13(8-10-14)7-5-3-2-4-6-12/h14H,2-11H2,1H3. The second-order valence-electron chi connectivity index (χ2n) is 3.66. The summed E-state index contributed by atoms with van der Waals surface area (Å²) in [4.78, 5) is 2.24. The maximum atomic E-state index is 8.88. The van der Waals surface area contributed by atoms with Crippen LogP contribution >= 0.6 is 11.6 Å². The van der Waals surface area contributed by atoms with E-state index in [4.69, 9.17) is 21.4 Å². The summed E-state index contributed by atoms with van der Waals surface area (Å²) in [6, 6.07) is 0. The second kappa shape index (κ2) is 12.2. The molecule has 0 aliphatic carbocycles. The van der Waals surface area contributed by atoms with E-state index < -0.39 is 0 Å². The van der Waals surface area contributed by atoms with Gasteiger partial charge in [-0.3, -0.25) is 4.90 Å². The summed E-state index contributed by atoms with van der Waals surface area (Å²) in [7, 11) is 1.71. The average molecular weight is 238 g/mol. The van der Waals surface area contributed by atoms with Crippen molar-refractivity contribution in [3.05, 3.63) is 0 Å². The van der Waals surface area contributed by atoms with Crippen LogP contribution in [0.1, 0.15) is 25.7 Å². The van der Waals surface area contributed by atoms with E-state index in [0.29, 0.717) is 0 Å². The van der Waals surface area contributed by atoms with Crippen molar-refractivity contribution in [2.45, 2.75) is 25.7 Å². The number of nitrogens with zero attached hydrogens (tertiary/aromatic N) is 1. The Kier molecular flexibility index (Phi) is 12.4. The van der Waals surface area contributed by atoms with Crippen LogP contribution in [0.25, 0.3) is 0 Å². The first-order valence-electron chi connectivity index (χ1n) is 5.73. The number of halogens is 1. The summed E-state index contributed by atoms with van der Waals surface area (Å²) in [5.41, 5.74) is 0. The van der Waals surface area contributed by atoms with E-state index in [1.165, 1.54) is 19.3 Å². The third kappa shape index (κ3) is 10.5. The molecule has 0 atom stereocenters. The fourth-order valence-corrected chi connectivity index (χ4v) is 1.67. The van der Waals surface area contributed by atoms with Gasteiger partial charge in [-0.05, 0) is 19.4 Å². The number of aliphatic hydroxyl groups is 1. The van der Waals surface area contributed by atoms with Gasteiger partial charge in [-0.1, -0.05) is 12.8 Å². The minimum Gasteiger partial charge on any atom is -0.395 e. The molecule has 0 spiro atoms. The maximum Gasteiger partial charge on any atom is 0.0589 e. The second-order valence-corrected chi connectivity index (χ2v) is 4.04. The molecule has 0 rings (SSSR count). The Labute approximate surface area is 98.4 Å². The Morgan fingerprint density at radius 3 is 2.40 bits per heavy atom. The molecule has 0 unspecified atom stereocenters. The molecular formula is C11H24ClNO2. The number of methoxy groups -OCH3 is 1. The predicted octanol–water partition coefficient (Wildman–Crippen LogP) is 1.73. The Balaban J connectivity index is 3.38. The average Bonchev–Trinajstić information content (AvgIpc) is 2.25. The van der Waals surface area contributed by atoms with Crippen LogP contribution in [0, 0.1) is 0 Å². The lowest BCUT2D eigenvalue weighted by Gasteiger charge is -2.20. The van der Waals surface area contributed by atoms with Crippen molar-refractivity contribution in [3.8, 4) is 0 Å². The molecule has 0 aliphatic heterocycles. The van der Waals surface area contributed by atoms with Crippen LogP contribution in [-0.4, -0.2) is 55.8 Å². The lowest BCUT2D eigenvalue weighted by Crippen LogP contribution is -2.31. The molecule has 0 aromatic rings. The Morgan fingerprint density at radius 1 is 1.07 bits per heavy atom. The first-order valence-corrected chi connectivity index (χ1v) is 6.26. The Bertz CT molecular complexity index is 125. The monoisotopic (exact) mass is 237 g/mol. The molecule has 0 aromatic heterocycles. The minimum atomic E-state index is 0.228. The molecule has 0 radical (unpaired) electrons. The van der Waals surface area contributed by atoms with E-state index in [2.05, 4.69) is 4.90 Å². The van der Waals surface area contributed by atoms with Gasteiger partial charge >= 0.3 is 0 Å². The van der Waals surface area contributed by atoms with Crippen LogP contribution < -0.4 is 0 Å².